The van der Waals surface area contributed by atoms with Gasteiger partial charge in [-0.2, -0.15) is 0 Å². The van der Waals surface area contributed by atoms with Crippen molar-refractivity contribution in [1.29, 1.82) is 0 Å². The van der Waals surface area contributed by atoms with Gasteiger partial charge < -0.3 is 10.1 Å². The molecule has 2 amide bonds. The van der Waals surface area contributed by atoms with Crippen LogP contribution in [0.15, 0.2) is 22.7 Å². The molecule has 0 bridgehead atoms. The molecule has 2 aromatic rings. The van der Waals surface area contributed by atoms with Crippen molar-refractivity contribution in [2.24, 2.45) is 0 Å². The van der Waals surface area contributed by atoms with Crippen LogP contribution in [0.2, 0.25) is 0 Å². The average molecular weight is 467 g/mol. The first kappa shape index (κ1) is 20.7. The molecule has 1 fully saturated rings. The molecule has 1 N–H and O–H groups in total. The summed E-state index contributed by atoms with van der Waals surface area (Å²) in [5, 5.41) is 12.0. The van der Waals surface area contributed by atoms with Crippen LogP contribution in [-0.2, 0) is 4.74 Å². The summed E-state index contributed by atoms with van der Waals surface area (Å²) in [5.74, 6) is -0.313. The standard InChI is InChI=1S/C19H23BrN4O3S/c1-11-12(20)7-5-8-13(11)21-15(25)17-23-22-16(28-17)14-9-6-10-24(14)18(26)27-19(2,3)4/h5,7-8,14H,6,9-10H2,1-4H3,(H,21,25)/t14-/m0/s1. The van der Waals surface area contributed by atoms with Gasteiger partial charge in [-0.05, 0) is 58.2 Å². The Morgan fingerprint density at radius 1 is 1.32 bits per heavy atom. The molecule has 150 valence electrons. The van der Waals surface area contributed by atoms with E-state index in [0.29, 0.717) is 17.2 Å². The summed E-state index contributed by atoms with van der Waals surface area (Å²) in [5.41, 5.74) is 1.10. The summed E-state index contributed by atoms with van der Waals surface area (Å²) in [6, 6.07) is 5.40. The summed E-state index contributed by atoms with van der Waals surface area (Å²) >= 11 is 4.67. The maximum absolute atomic E-state index is 12.6. The Kier molecular flexibility index (Phi) is 6.04. The monoisotopic (exact) mass is 466 g/mol. The van der Waals surface area contributed by atoms with Crippen LogP contribution in [0.25, 0.3) is 0 Å². The molecule has 1 aromatic heterocycles. The van der Waals surface area contributed by atoms with Gasteiger partial charge in [0.25, 0.3) is 5.91 Å². The molecular weight excluding hydrogens is 444 g/mol. The highest BCUT2D eigenvalue weighted by molar-refractivity contribution is 9.10. The zero-order chi connectivity index (χ0) is 20.5. The van der Waals surface area contributed by atoms with Gasteiger partial charge in [-0.1, -0.05) is 33.3 Å². The van der Waals surface area contributed by atoms with E-state index in [1.807, 2.05) is 45.9 Å². The van der Waals surface area contributed by atoms with Gasteiger partial charge in [0.05, 0.1) is 6.04 Å². The van der Waals surface area contributed by atoms with Crippen LogP contribution >= 0.6 is 27.3 Å². The Morgan fingerprint density at radius 2 is 2.07 bits per heavy atom. The number of anilines is 1. The summed E-state index contributed by atoms with van der Waals surface area (Å²) < 4.78 is 6.41. The molecule has 0 radical (unpaired) electrons. The SMILES string of the molecule is Cc1c(Br)cccc1NC(=O)c1nnc([C@@H]2CCCN2C(=O)OC(C)(C)C)s1. The lowest BCUT2D eigenvalue weighted by Crippen LogP contribution is -2.36. The largest absolute Gasteiger partial charge is 0.444 e. The third-order valence-electron chi connectivity index (χ3n) is 4.32. The maximum atomic E-state index is 12.6. The van der Waals surface area contributed by atoms with Crippen molar-refractivity contribution in [3.8, 4) is 0 Å². The van der Waals surface area contributed by atoms with Crippen molar-refractivity contribution in [1.82, 2.24) is 15.1 Å². The summed E-state index contributed by atoms with van der Waals surface area (Å²) in [6.45, 7) is 8.05. The van der Waals surface area contributed by atoms with Crippen molar-refractivity contribution < 1.29 is 14.3 Å². The van der Waals surface area contributed by atoms with E-state index in [0.717, 1.165) is 22.9 Å². The second-order valence-electron chi connectivity index (χ2n) is 7.64. The van der Waals surface area contributed by atoms with Crippen molar-refractivity contribution in [3.05, 3.63) is 38.3 Å². The Labute approximate surface area is 176 Å². The zero-order valence-corrected chi connectivity index (χ0v) is 18.7. The van der Waals surface area contributed by atoms with Crippen LogP contribution in [0.3, 0.4) is 0 Å². The van der Waals surface area contributed by atoms with Crippen LogP contribution in [0, 0.1) is 6.92 Å². The van der Waals surface area contributed by atoms with Crippen LogP contribution in [0.4, 0.5) is 10.5 Å². The fraction of sp³-hybridized carbons (Fsp3) is 0.474. The van der Waals surface area contributed by atoms with E-state index in [1.54, 1.807) is 4.90 Å². The highest BCUT2D eigenvalue weighted by Crippen LogP contribution is 2.35. The molecule has 1 aliphatic heterocycles. The number of ether oxygens (including phenoxy) is 1. The molecule has 0 aliphatic carbocycles. The van der Waals surface area contributed by atoms with Gasteiger partial charge in [0.2, 0.25) is 5.01 Å². The van der Waals surface area contributed by atoms with Crippen molar-refractivity contribution in [2.45, 2.75) is 52.2 Å². The van der Waals surface area contributed by atoms with Gasteiger partial charge in [0, 0.05) is 16.7 Å². The fourth-order valence-electron chi connectivity index (χ4n) is 2.94. The number of nitrogens with zero attached hydrogens (tertiary/aromatic N) is 3. The van der Waals surface area contributed by atoms with Crippen molar-refractivity contribution in [2.75, 3.05) is 11.9 Å². The minimum Gasteiger partial charge on any atom is -0.444 e. The number of nitrogens with one attached hydrogen (secondary N) is 1. The van der Waals surface area contributed by atoms with Gasteiger partial charge in [0.15, 0.2) is 0 Å². The highest BCUT2D eigenvalue weighted by Gasteiger charge is 2.35. The first-order valence-electron chi connectivity index (χ1n) is 9.05. The highest BCUT2D eigenvalue weighted by atomic mass is 79.9. The van der Waals surface area contributed by atoms with Gasteiger partial charge in [-0.15, -0.1) is 10.2 Å². The van der Waals surface area contributed by atoms with E-state index in [2.05, 4.69) is 31.4 Å². The molecular formula is C19H23BrN4O3S. The molecule has 0 saturated carbocycles. The minimum absolute atomic E-state index is 0.207. The fourth-order valence-corrected chi connectivity index (χ4v) is 4.19. The van der Waals surface area contributed by atoms with E-state index in [9.17, 15) is 9.59 Å². The predicted octanol–water partition coefficient (Wildman–Crippen LogP) is 4.93. The molecule has 9 heteroatoms. The number of hydrogen-bond acceptors (Lipinski definition) is 6. The van der Waals surface area contributed by atoms with E-state index in [-0.39, 0.29) is 23.0 Å². The molecule has 0 unspecified atom stereocenters. The van der Waals surface area contributed by atoms with Gasteiger partial charge in [-0.25, -0.2) is 4.79 Å². The van der Waals surface area contributed by atoms with E-state index in [1.165, 1.54) is 11.3 Å². The van der Waals surface area contributed by atoms with Crippen molar-refractivity contribution in [3.63, 3.8) is 0 Å². The molecule has 1 saturated heterocycles. The second kappa shape index (κ2) is 8.16. The Morgan fingerprint density at radius 3 is 2.79 bits per heavy atom. The average Bonchev–Trinajstić information content (AvgIpc) is 3.26. The zero-order valence-electron chi connectivity index (χ0n) is 16.3. The molecule has 1 aliphatic rings. The minimum atomic E-state index is -0.557. The van der Waals surface area contributed by atoms with Gasteiger partial charge >= 0.3 is 6.09 Å². The number of halogens is 1. The second-order valence-corrected chi connectivity index (χ2v) is 9.51. The number of rotatable bonds is 3. The molecule has 3 rings (SSSR count). The number of carbonyl (C=O) groups excluding carboxylic acids is 2. The van der Waals surface area contributed by atoms with Crippen LogP contribution in [-0.4, -0.2) is 39.2 Å². The molecule has 28 heavy (non-hydrogen) atoms. The topological polar surface area (TPSA) is 84.4 Å². The first-order valence-corrected chi connectivity index (χ1v) is 10.7. The molecule has 2 heterocycles. The Balaban J connectivity index is 1.73. The maximum Gasteiger partial charge on any atom is 0.410 e. The lowest BCUT2D eigenvalue weighted by molar-refractivity contribution is 0.0224. The summed E-state index contributed by atoms with van der Waals surface area (Å²) in [4.78, 5) is 26.7. The van der Waals surface area contributed by atoms with Crippen LogP contribution < -0.4 is 5.32 Å². The smallest absolute Gasteiger partial charge is 0.410 e. The summed E-state index contributed by atoms with van der Waals surface area (Å²) in [7, 11) is 0. The molecule has 0 spiro atoms. The Bertz CT molecular complexity index is 894. The van der Waals surface area contributed by atoms with Crippen LogP contribution in [0.5, 0.6) is 0 Å². The van der Waals surface area contributed by atoms with Crippen LogP contribution in [0.1, 0.15) is 60.0 Å². The third-order valence-corrected chi connectivity index (χ3v) is 6.20. The number of aromatic nitrogens is 2. The van der Waals surface area contributed by atoms with E-state index < -0.39 is 5.60 Å². The number of carbonyl (C=O) groups is 2. The quantitative estimate of drug-likeness (QED) is 0.692. The lowest BCUT2D eigenvalue weighted by atomic mass is 10.2. The first-order chi connectivity index (χ1) is 13.2. The molecule has 1 atom stereocenters. The van der Waals surface area contributed by atoms with E-state index in [4.69, 9.17) is 4.74 Å². The number of likely N-dealkylation sites (tertiary alicyclic amines) is 1. The predicted molar refractivity (Wildman–Crippen MR) is 112 cm³/mol. The number of benzene rings is 1. The van der Waals surface area contributed by atoms with Crippen molar-refractivity contribution >= 4 is 45.0 Å². The van der Waals surface area contributed by atoms with E-state index >= 15 is 0 Å². The van der Waals surface area contributed by atoms with Gasteiger partial charge in [-0.3, -0.25) is 9.69 Å². The number of hydrogen-bond donors (Lipinski definition) is 1. The van der Waals surface area contributed by atoms with Gasteiger partial charge in [0.1, 0.15) is 10.6 Å². The Hall–Kier alpha value is -2.00. The third kappa shape index (κ3) is 4.70. The normalized spacial score (nSPS) is 16.9. The molecule has 7 nitrogen and oxygen atoms in total. The number of amides is 2. The lowest BCUT2D eigenvalue weighted by Gasteiger charge is -2.27. The summed E-state index contributed by atoms with van der Waals surface area (Å²) in [6.07, 6.45) is 1.28. The molecule has 1 aromatic carbocycles.